The van der Waals surface area contributed by atoms with Crippen molar-refractivity contribution in [2.45, 2.75) is 46.5 Å². The predicted molar refractivity (Wildman–Crippen MR) is 140 cm³/mol. The summed E-state index contributed by atoms with van der Waals surface area (Å²) >= 11 is 0. The number of likely N-dealkylation sites (tertiary alicyclic amines) is 1. The molecular weight excluding hydrogens is 422 g/mol. The van der Waals surface area contributed by atoms with Gasteiger partial charge in [-0.3, -0.25) is 9.78 Å². The summed E-state index contributed by atoms with van der Waals surface area (Å²) in [5, 5.41) is 4.71. The number of piperidine rings is 1. The molecular formula is C28H37N5O. The third-order valence-electron chi connectivity index (χ3n) is 6.80. The van der Waals surface area contributed by atoms with Gasteiger partial charge in [-0.1, -0.05) is 18.6 Å². The maximum Gasteiger partial charge on any atom is 0.253 e. The van der Waals surface area contributed by atoms with E-state index in [2.05, 4.69) is 28.2 Å². The second-order valence-electron chi connectivity index (χ2n) is 9.15. The van der Waals surface area contributed by atoms with Crippen LogP contribution >= 0.6 is 0 Å². The van der Waals surface area contributed by atoms with Gasteiger partial charge < -0.3 is 15.1 Å². The van der Waals surface area contributed by atoms with Crippen LogP contribution in [0.2, 0.25) is 0 Å². The van der Waals surface area contributed by atoms with Gasteiger partial charge in [0.05, 0.1) is 11.2 Å². The quantitative estimate of drug-likeness (QED) is 0.436. The average Bonchev–Trinajstić information content (AvgIpc) is 2.88. The van der Waals surface area contributed by atoms with Crippen LogP contribution in [0.5, 0.6) is 0 Å². The Labute approximate surface area is 203 Å². The van der Waals surface area contributed by atoms with Crippen LogP contribution in [0.25, 0.3) is 22.2 Å². The Morgan fingerprint density at radius 2 is 1.79 bits per heavy atom. The highest BCUT2D eigenvalue weighted by atomic mass is 16.2. The van der Waals surface area contributed by atoms with Crippen molar-refractivity contribution in [1.29, 1.82) is 0 Å². The molecule has 2 aromatic heterocycles. The number of pyridine rings is 2. The number of rotatable bonds is 9. The SMILES string of the molecule is CCN(CC)C(=O)c1ccc(-c2cc(NCCCN3CCCCC3)c3cncc(C)c3n2)cc1. The number of nitrogens with zero attached hydrogens (tertiary/aromatic N) is 4. The first-order valence-electron chi connectivity index (χ1n) is 12.7. The number of carbonyl (C=O) groups excluding carboxylic acids is 1. The Bertz CT molecular complexity index is 1100. The molecule has 34 heavy (non-hydrogen) atoms. The number of hydrogen-bond donors (Lipinski definition) is 1. The maximum atomic E-state index is 12.7. The lowest BCUT2D eigenvalue weighted by Gasteiger charge is -2.26. The lowest BCUT2D eigenvalue weighted by atomic mass is 10.0. The standard InChI is InChI=1S/C28H37N5O/c1-4-33(5-2)28(34)23-12-10-22(11-13-23)25-18-26(24-20-29-19-21(3)27(24)31-25)30-14-9-17-32-15-7-6-8-16-32/h10-13,18-20H,4-9,14-17H2,1-3H3,(H,30,31). The summed E-state index contributed by atoms with van der Waals surface area (Å²) in [6.45, 7) is 12.0. The highest BCUT2D eigenvalue weighted by Gasteiger charge is 2.14. The minimum absolute atomic E-state index is 0.0704. The Morgan fingerprint density at radius 1 is 1.06 bits per heavy atom. The van der Waals surface area contributed by atoms with Gasteiger partial charge >= 0.3 is 0 Å². The highest BCUT2D eigenvalue weighted by molar-refractivity contribution is 5.96. The molecule has 0 aliphatic carbocycles. The van der Waals surface area contributed by atoms with E-state index in [1.807, 2.05) is 55.4 Å². The lowest BCUT2D eigenvalue weighted by Crippen LogP contribution is -2.31. The van der Waals surface area contributed by atoms with E-state index < -0.39 is 0 Å². The predicted octanol–water partition coefficient (Wildman–Crippen LogP) is 5.38. The van der Waals surface area contributed by atoms with Gasteiger partial charge in [-0.15, -0.1) is 0 Å². The largest absolute Gasteiger partial charge is 0.384 e. The van der Waals surface area contributed by atoms with Crippen LogP contribution in [-0.4, -0.2) is 64.9 Å². The van der Waals surface area contributed by atoms with Gasteiger partial charge in [-0.05, 0) is 83.4 Å². The number of benzene rings is 1. The summed E-state index contributed by atoms with van der Waals surface area (Å²) in [4.78, 5) is 26.5. The molecule has 1 fully saturated rings. The monoisotopic (exact) mass is 459 g/mol. The van der Waals surface area contributed by atoms with Gasteiger partial charge in [0.1, 0.15) is 0 Å². The molecule has 0 unspecified atom stereocenters. The Hall–Kier alpha value is -2.99. The van der Waals surface area contributed by atoms with Gasteiger partial charge in [0.25, 0.3) is 5.91 Å². The molecule has 1 saturated heterocycles. The molecule has 1 amide bonds. The van der Waals surface area contributed by atoms with Crippen LogP contribution in [0, 0.1) is 6.92 Å². The van der Waals surface area contributed by atoms with Crippen molar-refractivity contribution >= 4 is 22.5 Å². The number of amides is 1. The van der Waals surface area contributed by atoms with E-state index in [0.717, 1.165) is 52.9 Å². The third-order valence-corrected chi connectivity index (χ3v) is 6.80. The molecule has 0 atom stereocenters. The second kappa shape index (κ2) is 11.4. The van der Waals surface area contributed by atoms with Crippen molar-refractivity contribution in [1.82, 2.24) is 19.8 Å². The van der Waals surface area contributed by atoms with Crippen LogP contribution < -0.4 is 5.32 Å². The van der Waals surface area contributed by atoms with E-state index in [9.17, 15) is 4.79 Å². The summed E-state index contributed by atoms with van der Waals surface area (Å²) < 4.78 is 0. The van der Waals surface area contributed by atoms with E-state index in [4.69, 9.17) is 4.98 Å². The van der Waals surface area contributed by atoms with Crippen LogP contribution in [0.15, 0.2) is 42.7 Å². The molecule has 0 spiro atoms. The lowest BCUT2D eigenvalue weighted by molar-refractivity contribution is 0.0773. The first-order chi connectivity index (χ1) is 16.6. The molecule has 6 nitrogen and oxygen atoms in total. The van der Waals surface area contributed by atoms with E-state index in [1.165, 1.54) is 32.4 Å². The molecule has 4 rings (SSSR count). The van der Waals surface area contributed by atoms with Crippen molar-refractivity contribution in [3.63, 3.8) is 0 Å². The number of carbonyl (C=O) groups is 1. The maximum absolute atomic E-state index is 12.7. The second-order valence-corrected chi connectivity index (χ2v) is 9.15. The minimum atomic E-state index is 0.0704. The highest BCUT2D eigenvalue weighted by Crippen LogP contribution is 2.29. The van der Waals surface area contributed by atoms with E-state index in [0.29, 0.717) is 18.7 Å². The van der Waals surface area contributed by atoms with Crippen molar-refractivity contribution in [3.05, 3.63) is 53.9 Å². The molecule has 1 aliphatic rings. The third kappa shape index (κ3) is 5.55. The number of fused-ring (bicyclic) bond motifs is 1. The van der Waals surface area contributed by atoms with E-state index in [-0.39, 0.29) is 5.91 Å². The fourth-order valence-electron chi connectivity index (χ4n) is 4.75. The molecule has 0 radical (unpaired) electrons. The molecule has 0 bridgehead atoms. The van der Waals surface area contributed by atoms with Crippen molar-refractivity contribution in [2.75, 3.05) is 44.6 Å². The van der Waals surface area contributed by atoms with Gasteiger partial charge in [0.2, 0.25) is 0 Å². The van der Waals surface area contributed by atoms with Crippen molar-refractivity contribution in [2.24, 2.45) is 0 Å². The molecule has 1 aromatic carbocycles. The minimum Gasteiger partial charge on any atom is -0.384 e. The summed E-state index contributed by atoms with van der Waals surface area (Å²) in [6, 6.07) is 9.94. The molecule has 180 valence electrons. The van der Waals surface area contributed by atoms with Gasteiger partial charge in [0.15, 0.2) is 0 Å². The van der Waals surface area contributed by atoms with Crippen LogP contribution in [0.1, 0.15) is 55.5 Å². The van der Waals surface area contributed by atoms with Gasteiger partial charge in [-0.2, -0.15) is 0 Å². The van der Waals surface area contributed by atoms with Crippen LogP contribution in [0.3, 0.4) is 0 Å². The fraction of sp³-hybridized carbons (Fsp3) is 0.464. The van der Waals surface area contributed by atoms with E-state index in [1.54, 1.807) is 0 Å². The van der Waals surface area contributed by atoms with Crippen LogP contribution in [0.4, 0.5) is 5.69 Å². The molecule has 3 heterocycles. The normalized spacial score (nSPS) is 14.3. The first-order valence-corrected chi connectivity index (χ1v) is 12.7. The number of aryl methyl sites for hydroxylation is 1. The first kappa shape index (κ1) is 24.1. The Morgan fingerprint density at radius 3 is 2.50 bits per heavy atom. The smallest absolute Gasteiger partial charge is 0.253 e. The zero-order chi connectivity index (χ0) is 23.9. The summed E-state index contributed by atoms with van der Waals surface area (Å²) in [6.07, 6.45) is 8.91. The fourth-order valence-corrected chi connectivity index (χ4v) is 4.75. The topological polar surface area (TPSA) is 61.4 Å². The number of nitrogens with one attached hydrogen (secondary N) is 1. The molecule has 0 saturated carbocycles. The number of anilines is 1. The molecule has 1 N–H and O–H groups in total. The Kier molecular flexibility index (Phi) is 8.12. The zero-order valence-electron chi connectivity index (χ0n) is 20.8. The van der Waals surface area contributed by atoms with Crippen LogP contribution in [-0.2, 0) is 0 Å². The van der Waals surface area contributed by atoms with Gasteiger partial charge in [-0.25, -0.2) is 4.98 Å². The number of hydrogen-bond acceptors (Lipinski definition) is 5. The van der Waals surface area contributed by atoms with Gasteiger partial charge in [0, 0.05) is 54.2 Å². The van der Waals surface area contributed by atoms with E-state index >= 15 is 0 Å². The Balaban J connectivity index is 1.54. The van der Waals surface area contributed by atoms with Crippen molar-refractivity contribution in [3.8, 4) is 11.3 Å². The molecule has 1 aliphatic heterocycles. The molecule has 3 aromatic rings. The number of aromatic nitrogens is 2. The summed E-state index contributed by atoms with van der Waals surface area (Å²) in [5.74, 6) is 0.0704. The van der Waals surface area contributed by atoms with Crippen molar-refractivity contribution < 1.29 is 4.79 Å². The molecule has 6 heteroatoms. The summed E-state index contributed by atoms with van der Waals surface area (Å²) in [7, 11) is 0. The average molecular weight is 460 g/mol. The summed E-state index contributed by atoms with van der Waals surface area (Å²) in [5.41, 5.74) is 5.72. The zero-order valence-corrected chi connectivity index (χ0v) is 20.8.